The summed E-state index contributed by atoms with van der Waals surface area (Å²) in [6, 6.07) is 13.1. The summed E-state index contributed by atoms with van der Waals surface area (Å²) in [5.74, 6) is -142. The Hall–Kier alpha value is -6.87. The minimum atomic E-state index is -7.47. The molecule has 1 aliphatic rings. The molecule has 1 heterocycles. The number of halogens is 54. The Morgan fingerprint density at radius 3 is 0.340 bits per heavy atom. The van der Waals surface area contributed by atoms with Crippen molar-refractivity contribution in [3.63, 3.8) is 0 Å². The van der Waals surface area contributed by atoms with Crippen LogP contribution in [0, 0.1) is 0 Å². The maximum absolute atomic E-state index is 14.8. The van der Waals surface area contributed by atoms with Gasteiger partial charge < -0.3 is 27.1 Å². The third-order valence-electron chi connectivity index (χ3n) is 18.3. The van der Waals surface area contributed by atoms with Gasteiger partial charge in [0.15, 0.2) is 0 Å². The second-order valence-electron chi connectivity index (χ2n) is 28.8. The topological polar surface area (TPSA) is 92.5 Å². The third kappa shape index (κ3) is 26.1. The van der Waals surface area contributed by atoms with Crippen LogP contribution >= 0.6 is 93.5 Å². The molecule has 816 valence electrons. The molecular formula is C72H48F54N3O6P3S6. The lowest BCUT2D eigenvalue weighted by Crippen LogP contribution is -2.60. The van der Waals surface area contributed by atoms with Crippen molar-refractivity contribution in [2.24, 2.45) is 13.5 Å². The SMILES string of the molecule is FC(F)(F)C(F)(F)C(F)(F)C(F)(F)CCSc1ccc(OP2(Oc3ccc(SCCC(F)(F)C(F)(F)C(F)(F)C(F)(F)F)cc3)=NP(Oc3ccc(SCCC(F)(F)C(F)(F)C(F)(F)C(F)(F)F)cc3)(Oc3ccc(SCCC(F)(F)C(F)(F)C(F)(F)C(F)(F)F)cc3)=NP(Oc3ccc(SCCC(F)(F)C(F)(F)C(F)(F)C(F)(F)F)cc3)(Oc3ccc(SCCC(F)(F)C(F)(F)C(F)(F)C(F)(F)F)cc3)=N2)cc1. The molecule has 0 bridgehead atoms. The van der Waals surface area contributed by atoms with Crippen LogP contribution in [0.1, 0.15) is 38.5 Å². The molecule has 72 heteroatoms. The first kappa shape index (κ1) is 124. The molecule has 0 saturated carbocycles. The number of alkyl halides is 54. The van der Waals surface area contributed by atoms with Gasteiger partial charge >= 0.3 is 167 Å². The molecular weight excluding hydrogens is 2310 g/mol. The molecule has 0 radical (unpaired) electrons. The Kier molecular flexibility index (Phi) is 36.5. The second kappa shape index (κ2) is 42.4. The minimum absolute atomic E-state index is 0.137. The summed E-state index contributed by atoms with van der Waals surface area (Å²) in [4.78, 5) is -3.69. The second-order valence-corrected chi connectivity index (χ2v) is 42.0. The highest BCUT2D eigenvalue weighted by Gasteiger charge is 2.87. The Labute approximate surface area is 794 Å². The van der Waals surface area contributed by atoms with Gasteiger partial charge in [0.1, 0.15) is 34.5 Å². The predicted octanol–water partition coefficient (Wildman–Crippen LogP) is 36.0. The Balaban J connectivity index is 1.57. The highest BCUT2D eigenvalue weighted by Crippen LogP contribution is 2.79. The van der Waals surface area contributed by atoms with Crippen LogP contribution in [0.4, 0.5) is 237 Å². The van der Waals surface area contributed by atoms with E-state index in [1.807, 2.05) is 0 Å². The van der Waals surface area contributed by atoms with Gasteiger partial charge in [-0.05, 0) is 146 Å². The van der Waals surface area contributed by atoms with Crippen LogP contribution in [0.25, 0.3) is 0 Å². The van der Waals surface area contributed by atoms with E-state index in [0.717, 1.165) is 0 Å². The lowest BCUT2D eigenvalue weighted by atomic mass is 10.0. The highest BCUT2D eigenvalue weighted by molar-refractivity contribution is 8.00. The summed E-state index contributed by atoms with van der Waals surface area (Å²) in [5.41, 5.74) is 0. The third-order valence-corrected chi connectivity index (χ3v) is 32.5. The molecule has 0 aromatic heterocycles. The molecule has 144 heavy (non-hydrogen) atoms. The van der Waals surface area contributed by atoms with Crippen LogP contribution in [-0.4, -0.2) is 178 Å². The number of benzene rings is 6. The monoisotopic (exact) mass is 2360 g/mol. The molecule has 0 unspecified atom stereocenters. The van der Waals surface area contributed by atoms with E-state index in [-0.39, 0.29) is 70.6 Å². The number of hydrogen-bond acceptors (Lipinski definition) is 15. The molecule has 0 spiro atoms. The van der Waals surface area contributed by atoms with E-state index in [0.29, 0.717) is 146 Å². The molecule has 1 aliphatic heterocycles. The van der Waals surface area contributed by atoms with Crippen molar-refractivity contribution in [3.05, 3.63) is 146 Å². The van der Waals surface area contributed by atoms with Crippen molar-refractivity contribution in [1.29, 1.82) is 0 Å². The standard InChI is InChI=1S/C72H48F54N3O6P3S6/c73-49(74,55(85,86)61(97,98)67(109,110)111)25-31-139-43-13-1-37(2-14-43)130-136(131-38-3-15-44(16-4-38)140-32-26-50(75,76)56(87,88)62(99,100)68(112,113)114)127-137(132-39-5-17-45(18-6-39)141-33-27-51(77,78)57(89,90)63(101,102)69(115,116)117,133-40-7-19-46(20-8-40)142-34-28-52(79,80)58(91,92)64(103,104)70(118,119)120)129-138(128-136,134-41-9-21-47(22-10-41)143-35-29-53(81,82)59(93,94)65(105,106)71(121,122)123)135-42-11-23-48(24-12-42)144-36-30-54(83,84)60(95,96)66(107,108)72(124,125)126/h1-24H,25-36H2. The molecule has 0 saturated heterocycles. The maximum atomic E-state index is 14.8. The average Bonchev–Trinajstić information content (AvgIpc) is 0.714. The van der Waals surface area contributed by atoms with Crippen LogP contribution in [0.5, 0.6) is 34.5 Å². The smallest absolute Gasteiger partial charge is 0.413 e. The molecule has 0 N–H and O–H groups in total. The van der Waals surface area contributed by atoms with Crippen LogP contribution in [-0.2, 0) is 0 Å². The first-order valence-corrected chi connectivity index (χ1v) is 47.7. The summed E-state index contributed by atoms with van der Waals surface area (Å²) in [5, 5.41) is 0. The first-order valence-electron chi connectivity index (χ1n) is 37.2. The van der Waals surface area contributed by atoms with E-state index in [1.165, 1.54) is 0 Å². The Bertz CT molecular complexity index is 4630. The van der Waals surface area contributed by atoms with Crippen molar-refractivity contribution in [2.45, 2.75) is 212 Å². The van der Waals surface area contributed by atoms with Gasteiger partial charge in [-0.2, -0.15) is 237 Å². The fraction of sp³-hybridized carbons (Fsp3) is 0.500. The van der Waals surface area contributed by atoms with Gasteiger partial charge in [-0.15, -0.1) is 70.6 Å². The van der Waals surface area contributed by atoms with Gasteiger partial charge in [0.2, 0.25) is 0 Å². The Morgan fingerprint density at radius 2 is 0.250 bits per heavy atom. The molecule has 0 amide bonds. The fourth-order valence-electron chi connectivity index (χ4n) is 10.3. The quantitative estimate of drug-likeness (QED) is 0.0207. The van der Waals surface area contributed by atoms with Crippen molar-refractivity contribution in [3.8, 4) is 34.5 Å². The zero-order valence-electron chi connectivity index (χ0n) is 68.3. The summed E-state index contributed by atoms with van der Waals surface area (Å²) < 4.78 is 803. The summed E-state index contributed by atoms with van der Waals surface area (Å²) in [7, 11) is -18.4. The summed E-state index contributed by atoms with van der Waals surface area (Å²) >= 11 is -0.821. The summed E-state index contributed by atoms with van der Waals surface area (Å²) in [6.07, 6.45) is -59.8. The van der Waals surface area contributed by atoms with Crippen LogP contribution < -0.4 is 27.1 Å². The van der Waals surface area contributed by atoms with E-state index < -0.39 is 304 Å². The number of rotatable bonds is 48. The van der Waals surface area contributed by atoms with Gasteiger partial charge in [-0.1, -0.05) is 13.5 Å². The zero-order valence-corrected chi connectivity index (χ0v) is 75.9. The first-order chi connectivity index (χ1) is 64.6. The van der Waals surface area contributed by atoms with E-state index in [2.05, 4.69) is 13.5 Å². The molecule has 0 aliphatic carbocycles. The minimum Gasteiger partial charge on any atom is -0.413 e. The van der Waals surface area contributed by atoms with Crippen molar-refractivity contribution in [1.82, 2.24) is 0 Å². The van der Waals surface area contributed by atoms with E-state index in [4.69, 9.17) is 27.1 Å². The van der Waals surface area contributed by atoms with Gasteiger partial charge in [-0.3, -0.25) is 0 Å². The zero-order chi connectivity index (χ0) is 110. The normalized spacial score (nSPS) is 16.1. The van der Waals surface area contributed by atoms with Crippen molar-refractivity contribution < 1.29 is 264 Å². The van der Waals surface area contributed by atoms with Gasteiger partial charge in [-0.25, -0.2) is 0 Å². The van der Waals surface area contributed by atoms with Crippen molar-refractivity contribution in [2.75, 3.05) is 34.5 Å². The van der Waals surface area contributed by atoms with E-state index in [1.54, 1.807) is 0 Å². The van der Waals surface area contributed by atoms with Crippen LogP contribution in [0.3, 0.4) is 0 Å². The number of nitrogens with zero attached hydrogens (tertiary/aromatic N) is 3. The molecule has 0 atom stereocenters. The number of hydrogen-bond donors (Lipinski definition) is 0. The predicted molar refractivity (Wildman–Crippen MR) is 408 cm³/mol. The molecule has 6 aromatic carbocycles. The van der Waals surface area contributed by atoms with Gasteiger partial charge in [0.05, 0.1) is 0 Å². The molecule has 6 aromatic rings. The van der Waals surface area contributed by atoms with E-state index in [9.17, 15) is 237 Å². The maximum Gasteiger partial charge on any atom is 0.460 e. The largest absolute Gasteiger partial charge is 0.460 e. The lowest BCUT2D eigenvalue weighted by Gasteiger charge is -2.33. The number of thioether (sulfide) groups is 6. The van der Waals surface area contributed by atoms with Crippen LogP contribution in [0.15, 0.2) is 189 Å². The molecule has 7 rings (SSSR count). The van der Waals surface area contributed by atoms with Gasteiger partial charge in [0, 0.05) is 102 Å². The van der Waals surface area contributed by atoms with Crippen molar-refractivity contribution >= 4 is 93.5 Å². The Morgan fingerprint density at radius 1 is 0.153 bits per heavy atom. The lowest BCUT2D eigenvalue weighted by molar-refractivity contribution is -0.396. The van der Waals surface area contributed by atoms with Gasteiger partial charge in [0.25, 0.3) is 0 Å². The van der Waals surface area contributed by atoms with E-state index >= 15 is 0 Å². The molecule has 9 nitrogen and oxygen atoms in total. The average molecular weight is 2360 g/mol. The molecule has 0 fully saturated rings. The van der Waals surface area contributed by atoms with Crippen LogP contribution in [0.2, 0.25) is 0 Å². The fourth-order valence-corrected chi connectivity index (χ4v) is 24.9. The highest BCUT2D eigenvalue weighted by atomic mass is 32.2. The summed E-state index contributed by atoms with van der Waals surface area (Å²) in [6.45, 7) is 0.